The Hall–Kier alpha value is -3.62. The molecule has 0 fully saturated rings. The Morgan fingerprint density at radius 2 is 1.96 bits per heavy atom. The van der Waals surface area contributed by atoms with E-state index in [1.54, 1.807) is 41.2 Å². The number of fused-ring (bicyclic) bond motifs is 1. The zero-order valence-corrected chi connectivity index (χ0v) is 13.7. The van der Waals surface area contributed by atoms with Crippen LogP contribution >= 0.6 is 0 Å². The number of hydrogen-bond acceptors (Lipinski definition) is 6. The summed E-state index contributed by atoms with van der Waals surface area (Å²) < 4.78 is 14.5. The van der Waals surface area contributed by atoms with Gasteiger partial charge in [0.1, 0.15) is 11.6 Å². The van der Waals surface area contributed by atoms with Gasteiger partial charge in [0, 0.05) is 6.20 Å². The molecule has 8 nitrogen and oxygen atoms in total. The quantitative estimate of drug-likeness (QED) is 0.584. The van der Waals surface area contributed by atoms with Crippen LogP contribution in [0, 0.1) is 5.82 Å². The highest BCUT2D eigenvalue weighted by Crippen LogP contribution is 2.19. The fourth-order valence-corrected chi connectivity index (χ4v) is 2.59. The van der Waals surface area contributed by atoms with E-state index in [1.807, 2.05) is 6.92 Å². The van der Waals surface area contributed by atoms with E-state index >= 15 is 0 Å². The van der Waals surface area contributed by atoms with Crippen LogP contribution < -0.4 is 10.9 Å². The third-order valence-corrected chi connectivity index (χ3v) is 3.85. The van der Waals surface area contributed by atoms with Crippen molar-refractivity contribution in [2.75, 3.05) is 5.32 Å². The Morgan fingerprint density at radius 3 is 2.73 bits per heavy atom. The number of nitrogens with zero attached hydrogens (tertiary/aromatic N) is 5. The number of pyridine rings is 1. The number of aromatic nitrogens is 6. The van der Waals surface area contributed by atoms with Crippen LogP contribution in [0.2, 0.25) is 0 Å². The first kappa shape index (κ1) is 15.9. The summed E-state index contributed by atoms with van der Waals surface area (Å²) in [5, 5.41) is 7.66. The molecule has 130 valence electrons. The zero-order chi connectivity index (χ0) is 18.1. The van der Waals surface area contributed by atoms with Gasteiger partial charge < -0.3 is 10.3 Å². The molecular weight excluding hydrogens is 337 g/mol. The number of nitrogens with one attached hydrogen (secondary N) is 2. The minimum absolute atomic E-state index is 0.220. The van der Waals surface area contributed by atoms with Crippen LogP contribution in [0.3, 0.4) is 0 Å². The summed E-state index contributed by atoms with van der Waals surface area (Å²) in [4.78, 5) is 26.9. The van der Waals surface area contributed by atoms with Gasteiger partial charge in [0.2, 0.25) is 0 Å². The minimum atomic E-state index is -0.489. The van der Waals surface area contributed by atoms with Crippen LogP contribution in [0.5, 0.6) is 0 Å². The molecule has 4 aromatic heterocycles. The molecule has 0 aromatic carbocycles. The van der Waals surface area contributed by atoms with Crippen LogP contribution in [0.4, 0.5) is 10.2 Å². The average Bonchev–Trinajstić information content (AvgIpc) is 3.06. The predicted molar refractivity (Wildman–Crippen MR) is 93.1 cm³/mol. The van der Waals surface area contributed by atoms with Crippen molar-refractivity contribution in [1.29, 1.82) is 0 Å². The number of rotatable bonds is 4. The van der Waals surface area contributed by atoms with Crippen LogP contribution in [-0.2, 0) is 0 Å². The Kier molecular flexibility index (Phi) is 3.88. The van der Waals surface area contributed by atoms with Gasteiger partial charge in [-0.3, -0.25) is 4.79 Å². The van der Waals surface area contributed by atoms with E-state index in [2.05, 4.69) is 30.4 Å². The van der Waals surface area contributed by atoms with Gasteiger partial charge >= 0.3 is 0 Å². The maximum Gasteiger partial charge on any atom is 0.257 e. The fraction of sp³-hybridized carbons (Fsp3) is 0.118. The fourth-order valence-electron chi connectivity index (χ4n) is 2.59. The molecule has 1 atom stereocenters. The second kappa shape index (κ2) is 6.36. The largest absolute Gasteiger partial charge is 0.359 e. The number of H-pyrrole nitrogens is 1. The van der Waals surface area contributed by atoms with E-state index in [4.69, 9.17) is 0 Å². The Labute approximate surface area is 146 Å². The number of halogens is 1. The summed E-state index contributed by atoms with van der Waals surface area (Å²) in [5.74, 6) is 0.500. The van der Waals surface area contributed by atoms with Gasteiger partial charge in [0.25, 0.3) is 5.56 Å². The van der Waals surface area contributed by atoms with Crippen LogP contribution in [0.25, 0.3) is 16.9 Å². The summed E-state index contributed by atoms with van der Waals surface area (Å²) in [6.07, 6.45) is 5.41. The molecule has 0 radical (unpaired) electrons. The zero-order valence-electron chi connectivity index (χ0n) is 13.7. The van der Waals surface area contributed by atoms with Crippen molar-refractivity contribution in [3.63, 3.8) is 0 Å². The highest BCUT2D eigenvalue weighted by molar-refractivity contribution is 5.62. The summed E-state index contributed by atoms with van der Waals surface area (Å²) in [5.41, 5.74) is 1.44. The van der Waals surface area contributed by atoms with Crippen LogP contribution in [0.15, 0.2) is 53.8 Å². The second-order valence-corrected chi connectivity index (χ2v) is 5.67. The Bertz CT molecular complexity index is 1120. The van der Waals surface area contributed by atoms with E-state index in [9.17, 15) is 9.18 Å². The SMILES string of the molecule is CC(Nc1ccc2ncc(-c3ccc[nH]c3=O)n2n1)c1ncc(F)cn1. The number of hydrogen-bond donors (Lipinski definition) is 2. The van der Waals surface area contributed by atoms with E-state index in [-0.39, 0.29) is 11.6 Å². The topological polar surface area (TPSA) is 101 Å². The summed E-state index contributed by atoms with van der Waals surface area (Å²) in [7, 11) is 0. The third kappa shape index (κ3) is 2.90. The van der Waals surface area contributed by atoms with Gasteiger partial charge in [-0.1, -0.05) is 0 Å². The summed E-state index contributed by atoms with van der Waals surface area (Å²) in [6, 6.07) is 6.72. The van der Waals surface area contributed by atoms with E-state index in [0.717, 1.165) is 12.4 Å². The van der Waals surface area contributed by atoms with E-state index in [0.29, 0.717) is 28.5 Å². The van der Waals surface area contributed by atoms with Crippen molar-refractivity contribution in [2.45, 2.75) is 13.0 Å². The monoisotopic (exact) mass is 351 g/mol. The first-order valence-corrected chi connectivity index (χ1v) is 7.88. The Balaban J connectivity index is 1.69. The second-order valence-electron chi connectivity index (χ2n) is 5.67. The lowest BCUT2D eigenvalue weighted by molar-refractivity contribution is 0.604. The summed E-state index contributed by atoms with van der Waals surface area (Å²) in [6.45, 7) is 1.84. The van der Waals surface area contributed by atoms with Gasteiger partial charge in [0.15, 0.2) is 11.5 Å². The third-order valence-electron chi connectivity index (χ3n) is 3.85. The molecule has 0 bridgehead atoms. The molecule has 0 amide bonds. The molecule has 2 N–H and O–H groups in total. The van der Waals surface area contributed by atoms with Gasteiger partial charge in [-0.05, 0) is 31.2 Å². The minimum Gasteiger partial charge on any atom is -0.359 e. The number of aromatic amines is 1. The molecular formula is C17H14FN7O. The molecule has 4 heterocycles. The van der Waals surface area contributed by atoms with E-state index in [1.165, 1.54) is 0 Å². The van der Waals surface area contributed by atoms with Crippen molar-refractivity contribution in [1.82, 2.24) is 29.5 Å². The first-order chi connectivity index (χ1) is 12.6. The van der Waals surface area contributed by atoms with Crippen LogP contribution in [0.1, 0.15) is 18.8 Å². The molecule has 0 aliphatic carbocycles. The molecule has 26 heavy (non-hydrogen) atoms. The molecule has 1 unspecified atom stereocenters. The highest BCUT2D eigenvalue weighted by atomic mass is 19.1. The highest BCUT2D eigenvalue weighted by Gasteiger charge is 2.13. The van der Waals surface area contributed by atoms with Crippen LogP contribution in [-0.4, -0.2) is 29.5 Å². The van der Waals surface area contributed by atoms with Gasteiger partial charge in [0.05, 0.1) is 35.9 Å². The molecule has 0 saturated heterocycles. The molecule has 0 saturated carbocycles. The number of anilines is 1. The predicted octanol–water partition coefficient (Wildman–Crippen LogP) is 2.19. The molecule has 4 rings (SSSR count). The van der Waals surface area contributed by atoms with Crippen molar-refractivity contribution >= 4 is 11.5 Å². The smallest absolute Gasteiger partial charge is 0.257 e. The average molecular weight is 351 g/mol. The molecule has 0 spiro atoms. The first-order valence-electron chi connectivity index (χ1n) is 7.88. The summed E-state index contributed by atoms with van der Waals surface area (Å²) >= 11 is 0. The lowest BCUT2D eigenvalue weighted by Gasteiger charge is -2.13. The standard InChI is InChI=1S/C17H14FN7O/c1-10(16-21-7-11(18)8-22-16)23-14-4-5-15-20-9-13(25(15)24-14)12-3-2-6-19-17(12)26/h2-10H,1H3,(H,19,26)(H,23,24). The van der Waals surface area contributed by atoms with Crippen molar-refractivity contribution in [3.05, 3.63) is 71.0 Å². The van der Waals surface area contributed by atoms with Crippen molar-refractivity contribution in [3.8, 4) is 11.3 Å². The lowest BCUT2D eigenvalue weighted by Crippen LogP contribution is -2.13. The maximum atomic E-state index is 13.0. The Morgan fingerprint density at radius 1 is 1.15 bits per heavy atom. The molecule has 9 heteroatoms. The lowest BCUT2D eigenvalue weighted by atomic mass is 10.2. The van der Waals surface area contributed by atoms with Gasteiger partial charge in [-0.25, -0.2) is 23.9 Å². The maximum absolute atomic E-state index is 13.0. The normalized spacial score (nSPS) is 12.2. The van der Waals surface area contributed by atoms with Gasteiger partial charge in [-0.2, -0.15) is 0 Å². The van der Waals surface area contributed by atoms with Crippen molar-refractivity contribution in [2.24, 2.45) is 0 Å². The molecule has 0 aliphatic heterocycles. The van der Waals surface area contributed by atoms with Crippen molar-refractivity contribution < 1.29 is 4.39 Å². The molecule has 0 aliphatic rings. The van der Waals surface area contributed by atoms with E-state index < -0.39 is 5.82 Å². The van der Waals surface area contributed by atoms with Gasteiger partial charge in [-0.15, -0.1) is 5.10 Å². The number of imidazole rings is 1. The molecule has 4 aromatic rings.